The molecule has 0 bridgehead atoms. The molecular formula is C37H37N5O7. The Bertz CT molecular complexity index is 2070. The minimum absolute atomic E-state index is 0.0671. The number of benzene rings is 2. The van der Waals surface area contributed by atoms with Gasteiger partial charge in [-0.15, -0.1) is 0 Å². The average molecular weight is 664 g/mol. The van der Waals surface area contributed by atoms with Gasteiger partial charge < -0.3 is 34.6 Å². The third kappa shape index (κ3) is 6.75. The molecule has 3 aromatic carbocycles. The van der Waals surface area contributed by atoms with Gasteiger partial charge in [-0.3, -0.25) is 14.4 Å². The summed E-state index contributed by atoms with van der Waals surface area (Å²) in [7, 11) is 4.64. The molecule has 12 heteroatoms. The first kappa shape index (κ1) is 33.0. The van der Waals surface area contributed by atoms with Crippen LogP contribution in [0.5, 0.6) is 17.2 Å². The van der Waals surface area contributed by atoms with Gasteiger partial charge in [-0.1, -0.05) is 30.3 Å². The van der Waals surface area contributed by atoms with E-state index < -0.39 is 6.04 Å². The SMILES string of the molecule is COc1cc2c(c(OC)c1OC)-c1cc3c(CC(=O)NCCNc4ncccn4)c(-c4ccccc4)oc3c(=O)cc1C(NC(C)=O)CC2. The molecule has 1 unspecified atom stereocenters. The van der Waals surface area contributed by atoms with Gasteiger partial charge in [0.2, 0.25) is 28.9 Å². The van der Waals surface area contributed by atoms with E-state index in [0.717, 1.165) is 11.1 Å². The van der Waals surface area contributed by atoms with Crippen LogP contribution in [-0.2, 0) is 22.4 Å². The Morgan fingerprint density at radius 2 is 1.69 bits per heavy atom. The number of anilines is 1. The molecule has 2 heterocycles. The van der Waals surface area contributed by atoms with E-state index >= 15 is 0 Å². The van der Waals surface area contributed by atoms with E-state index in [1.807, 2.05) is 42.5 Å². The van der Waals surface area contributed by atoms with Gasteiger partial charge in [0.25, 0.3) is 0 Å². The number of furan rings is 1. The molecule has 0 saturated carbocycles. The third-order valence-corrected chi connectivity index (χ3v) is 8.46. The number of aromatic nitrogens is 2. The van der Waals surface area contributed by atoms with Crippen molar-refractivity contribution in [1.82, 2.24) is 20.6 Å². The average Bonchev–Trinajstić information content (AvgIpc) is 3.31. The van der Waals surface area contributed by atoms with Crippen LogP contribution in [0, 0.1) is 0 Å². The lowest BCUT2D eigenvalue weighted by molar-refractivity contribution is -0.120. The second-order valence-corrected chi connectivity index (χ2v) is 11.5. The predicted molar refractivity (Wildman–Crippen MR) is 185 cm³/mol. The van der Waals surface area contributed by atoms with Gasteiger partial charge in [0, 0.05) is 54.5 Å². The highest BCUT2D eigenvalue weighted by atomic mass is 16.5. The van der Waals surface area contributed by atoms with Crippen molar-refractivity contribution in [2.75, 3.05) is 39.7 Å². The van der Waals surface area contributed by atoms with Crippen molar-refractivity contribution in [3.8, 4) is 39.7 Å². The summed E-state index contributed by atoms with van der Waals surface area (Å²) in [5, 5.41) is 9.52. The third-order valence-electron chi connectivity index (χ3n) is 8.46. The molecule has 6 rings (SSSR count). The second-order valence-electron chi connectivity index (χ2n) is 11.5. The fourth-order valence-corrected chi connectivity index (χ4v) is 6.37. The van der Waals surface area contributed by atoms with Crippen molar-refractivity contribution in [2.45, 2.75) is 32.2 Å². The van der Waals surface area contributed by atoms with Gasteiger partial charge in [0.1, 0.15) is 5.76 Å². The van der Waals surface area contributed by atoms with Gasteiger partial charge in [-0.25, -0.2) is 9.97 Å². The van der Waals surface area contributed by atoms with Crippen molar-refractivity contribution >= 4 is 28.7 Å². The molecule has 1 aliphatic carbocycles. The molecule has 0 fully saturated rings. The predicted octanol–water partition coefficient (Wildman–Crippen LogP) is 4.84. The Morgan fingerprint density at radius 1 is 0.939 bits per heavy atom. The van der Waals surface area contributed by atoms with Gasteiger partial charge in [-0.05, 0) is 53.8 Å². The molecule has 3 N–H and O–H groups in total. The molecule has 0 saturated heterocycles. The zero-order valence-electron chi connectivity index (χ0n) is 27.7. The standard InChI is InChI=1S/C37H37N5O7/c1-21(43)42-28-12-11-23-17-30(46-2)35(47-3)36(48-4)32(23)25-18-26-27(20-31(45)38-15-16-41-37-39-13-8-14-40-37)33(22-9-6-5-7-10-22)49-34(26)29(44)19-24(25)28/h5-10,13-14,17-19,28H,11-12,15-16,20H2,1-4H3,(H,38,45)(H,42,43)(H,39,40,41). The Hall–Kier alpha value is -5.91. The number of hydrogen-bond acceptors (Lipinski definition) is 10. The molecule has 0 spiro atoms. The maximum absolute atomic E-state index is 14.1. The molecule has 0 aliphatic heterocycles. The van der Waals surface area contributed by atoms with E-state index in [1.54, 1.807) is 32.7 Å². The summed E-state index contributed by atoms with van der Waals surface area (Å²) in [6.45, 7) is 2.17. The molecule has 2 aromatic heterocycles. The summed E-state index contributed by atoms with van der Waals surface area (Å²) in [5.74, 6) is 1.70. The summed E-state index contributed by atoms with van der Waals surface area (Å²) in [5.41, 5.74) is 3.81. The largest absolute Gasteiger partial charge is 0.493 e. The van der Waals surface area contributed by atoms with Crippen molar-refractivity contribution in [1.29, 1.82) is 0 Å². The fourth-order valence-electron chi connectivity index (χ4n) is 6.37. The molecule has 2 amide bonds. The number of rotatable bonds is 11. The van der Waals surface area contributed by atoms with Crippen LogP contribution in [0.15, 0.2) is 76.2 Å². The molecule has 5 aromatic rings. The van der Waals surface area contributed by atoms with Crippen LogP contribution >= 0.6 is 0 Å². The minimum Gasteiger partial charge on any atom is -0.493 e. The van der Waals surface area contributed by atoms with Crippen molar-refractivity contribution < 1.29 is 28.2 Å². The van der Waals surface area contributed by atoms with E-state index in [1.165, 1.54) is 20.1 Å². The summed E-state index contributed by atoms with van der Waals surface area (Å²) in [4.78, 5) is 48.3. The zero-order chi connectivity index (χ0) is 34.5. The normalized spacial score (nSPS) is 13.4. The summed E-state index contributed by atoms with van der Waals surface area (Å²) >= 11 is 0. The number of carbonyl (C=O) groups is 2. The van der Waals surface area contributed by atoms with E-state index in [0.29, 0.717) is 82.5 Å². The number of methoxy groups -OCH3 is 3. The van der Waals surface area contributed by atoms with Gasteiger partial charge in [0.05, 0.1) is 33.8 Å². The smallest absolute Gasteiger partial charge is 0.224 e. The van der Waals surface area contributed by atoms with Crippen LogP contribution < -0.4 is 35.6 Å². The first-order chi connectivity index (χ1) is 23.8. The zero-order valence-corrected chi connectivity index (χ0v) is 27.7. The molecule has 0 radical (unpaired) electrons. The molecule has 12 nitrogen and oxygen atoms in total. The van der Waals surface area contributed by atoms with Crippen LogP contribution in [0.4, 0.5) is 5.95 Å². The van der Waals surface area contributed by atoms with Crippen LogP contribution in [-0.4, -0.2) is 56.2 Å². The first-order valence-electron chi connectivity index (χ1n) is 15.9. The highest BCUT2D eigenvalue weighted by Gasteiger charge is 2.31. The first-order valence-corrected chi connectivity index (χ1v) is 15.9. The van der Waals surface area contributed by atoms with Crippen LogP contribution in [0.25, 0.3) is 33.4 Å². The molecule has 252 valence electrons. The van der Waals surface area contributed by atoms with E-state index in [2.05, 4.69) is 25.9 Å². The number of fused-ring (bicyclic) bond motifs is 4. The Balaban J connectivity index is 1.53. The van der Waals surface area contributed by atoms with Crippen molar-refractivity contribution in [2.24, 2.45) is 0 Å². The van der Waals surface area contributed by atoms with Crippen LogP contribution in [0.3, 0.4) is 0 Å². The number of nitrogens with zero attached hydrogens (tertiary/aromatic N) is 2. The van der Waals surface area contributed by atoms with Crippen LogP contribution in [0.1, 0.15) is 36.1 Å². The molecule has 49 heavy (non-hydrogen) atoms. The van der Waals surface area contributed by atoms with Crippen molar-refractivity contribution in [3.63, 3.8) is 0 Å². The highest BCUT2D eigenvalue weighted by molar-refractivity contribution is 5.96. The lowest BCUT2D eigenvalue weighted by atomic mass is 9.94. The minimum atomic E-state index is -0.493. The number of ether oxygens (including phenoxy) is 3. The van der Waals surface area contributed by atoms with E-state index in [4.69, 9.17) is 18.6 Å². The van der Waals surface area contributed by atoms with E-state index in [9.17, 15) is 14.4 Å². The Morgan fingerprint density at radius 3 is 2.39 bits per heavy atom. The van der Waals surface area contributed by atoms with Gasteiger partial charge >= 0.3 is 0 Å². The number of aryl methyl sites for hydroxylation is 1. The Kier molecular flexibility index (Phi) is 9.74. The lowest BCUT2D eigenvalue weighted by Gasteiger charge is -2.20. The summed E-state index contributed by atoms with van der Waals surface area (Å²) in [6.07, 6.45) is 4.25. The highest BCUT2D eigenvalue weighted by Crippen LogP contribution is 2.51. The number of nitrogens with one attached hydrogen (secondary N) is 3. The second kappa shape index (κ2) is 14.5. The molecular weight excluding hydrogens is 626 g/mol. The maximum atomic E-state index is 14.1. The van der Waals surface area contributed by atoms with E-state index in [-0.39, 0.29) is 29.2 Å². The summed E-state index contributed by atoms with van der Waals surface area (Å²) < 4.78 is 23.7. The number of amides is 2. The topological polar surface area (TPSA) is 154 Å². The van der Waals surface area contributed by atoms with Crippen molar-refractivity contribution in [3.05, 3.63) is 93.9 Å². The monoisotopic (exact) mass is 663 g/mol. The quantitative estimate of drug-likeness (QED) is 0.167. The number of carbonyl (C=O) groups excluding carboxylic acids is 2. The molecule has 1 atom stereocenters. The Labute approximate surface area is 282 Å². The molecule has 1 aliphatic rings. The number of hydrogen-bond donors (Lipinski definition) is 3. The van der Waals surface area contributed by atoms with Crippen LogP contribution in [0.2, 0.25) is 0 Å². The maximum Gasteiger partial charge on any atom is 0.224 e. The lowest BCUT2D eigenvalue weighted by Crippen LogP contribution is -2.30. The van der Waals surface area contributed by atoms with Gasteiger partial charge in [-0.2, -0.15) is 0 Å². The van der Waals surface area contributed by atoms with Gasteiger partial charge in [0.15, 0.2) is 17.1 Å². The fraction of sp³-hybridized carbons (Fsp3) is 0.270. The summed E-state index contributed by atoms with van der Waals surface area (Å²) in [6, 6.07) is 15.9.